The molecular weight excluding hydrogens is 413 g/mol. The number of rotatable bonds is 4. The summed E-state index contributed by atoms with van der Waals surface area (Å²) in [4.78, 5) is 15.3. The van der Waals surface area contributed by atoms with Crippen molar-refractivity contribution in [3.8, 4) is 0 Å². The predicted molar refractivity (Wildman–Crippen MR) is 117 cm³/mol. The highest BCUT2D eigenvalue weighted by molar-refractivity contribution is 6.10. The van der Waals surface area contributed by atoms with E-state index in [1.165, 1.54) is 17.0 Å². The van der Waals surface area contributed by atoms with E-state index in [1.54, 1.807) is 0 Å². The van der Waals surface area contributed by atoms with Crippen LogP contribution in [0.15, 0.2) is 97.1 Å². The van der Waals surface area contributed by atoms with Crippen LogP contribution in [-0.4, -0.2) is 16.6 Å². The number of amidine groups is 1. The molecule has 3 aromatic rings. The van der Waals surface area contributed by atoms with Crippen molar-refractivity contribution < 1.29 is 18.0 Å². The lowest BCUT2D eigenvalue weighted by Gasteiger charge is -2.44. The molecule has 3 nitrogen and oxygen atoms in total. The Bertz CT molecular complexity index is 1130. The Morgan fingerprint density at radius 1 is 0.906 bits per heavy atom. The first-order valence-corrected chi connectivity index (χ1v) is 10.1. The summed E-state index contributed by atoms with van der Waals surface area (Å²) in [6, 6.07) is 23.3. The van der Waals surface area contributed by atoms with Crippen LogP contribution in [0.2, 0.25) is 0 Å². The molecule has 1 heterocycles. The summed E-state index contributed by atoms with van der Waals surface area (Å²) in [6.45, 7) is 4.04. The van der Waals surface area contributed by atoms with Crippen LogP contribution in [0.3, 0.4) is 0 Å². The van der Waals surface area contributed by atoms with Gasteiger partial charge in [-0.25, -0.2) is 0 Å². The smallest absolute Gasteiger partial charge is 0.295 e. The molecule has 0 atom stereocenters. The highest BCUT2D eigenvalue weighted by Gasteiger charge is 2.51. The fourth-order valence-electron chi connectivity index (χ4n) is 4.30. The van der Waals surface area contributed by atoms with Gasteiger partial charge in [-0.15, -0.1) is 0 Å². The number of carbonyl (C=O) groups is 1. The number of halogens is 3. The van der Waals surface area contributed by atoms with E-state index in [4.69, 9.17) is 5.41 Å². The van der Waals surface area contributed by atoms with Crippen LogP contribution >= 0.6 is 0 Å². The van der Waals surface area contributed by atoms with E-state index in [-0.39, 0.29) is 18.8 Å². The molecule has 0 saturated carbocycles. The van der Waals surface area contributed by atoms with Gasteiger partial charge in [0.1, 0.15) is 11.3 Å². The first-order valence-electron chi connectivity index (χ1n) is 10.1. The minimum atomic E-state index is -4.48. The fourth-order valence-corrected chi connectivity index (χ4v) is 4.30. The third-order valence-corrected chi connectivity index (χ3v) is 5.81. The van der Waals surface area contributed by atoms with E-state index in [1.807, 2.05) is 60.7 Å². The fraction of sp³-hybridized carbons (Fsp3) is 0.154. The van der Waals surface area contributed by atoms with Gasteiger partial charge in [0.05, 0.1) is 12.1 Å². The number of hydrogen-bond acceptors (Lipinski definition) is 2. The predicted octanol–water partition coefficient (Wildman–Crippen LogP) is 5.96. The van der Waals surface area contributed by atoms with E-state index in [0.29, 0.717) is 22.3 Å². The van der Waals surface area contributed by atoms with Gasteiger partial charge in [-0.3, -0.25) is 15.1 Å². The lowest BCUT2D eigenvalue weighted by molar-refractivity contribution is -0.137. The number of alkyl halides is 3. The molecule has 1 saturated heterocycles. The van der Waals surface area contributed by atoms with Crippen LogP contribution in [0.1, 0.15) is 28.7 Å². The van der Waals surface area contributed by atoms with Gasteiger partial charge in [-0.05, 0) is 34.4 Å². The Morgan fingerprint density at radius 3 is 2.00 bits per heavy atom. The summed E-state index contributed by atoms with van der Waals surface area (Å²) in [5.74, 6) is -0.381. The van der Waals surface area contributed by atoms with E-state index in [9.17, 15) is 18.0 Å². The van der Waals surface area contributed by atoms with Crippen LogP contribution in [0.25, 0.3) is 0 Å². The molecule has 0 radical (unpaired) electrons. The zero-order chi connectivity index (χ0) is 22.9. The summed E-state index contributed by atoms with van der Waals surface area (Å²) >= 11 is 0. The molecular formula is C26H21F3N2O. The molecule has 0 bridgehead atoms. The van der Waals surface area contributed by atoms with Crippen molar-refractivity contribution in [1.82, 2.24) is 4.90 Å². The molecule has 3 aromatic carbocycles. The van der Waals surface area contributed by atoms with Gasteiger partial charge in [-0.2, -0.15) is 13.2 Å². The Kier molecular flexibility index (Phi) is 5.46. The molecule has 162 valence electrons. The first-order chi connectivity index (χ1) is 15.2. The van der Waals surface area contributed by atoms with Crippen LogP contribution in [-0.2, 0) is 22.9 Å². The second-order valence-corrected chi connectivity index (χ2v) is 7.80. The molecule has 1 N–H and O–H groups in total. The van der Waals surface area contributed by atoms with Gasteiger partial charge in [0.15, 0.2) is 0 Å². The minimum absolute atomic E-state index is 0.0138. The normalized spacial score (nSPS) is 16.3. The monoisotopic (exact) mass is 434 g/mol. The molecule has 0 spiro atoms. The van der Waals surface area contributed by atoms with Gasteiger partial charge in [-0.1, -0.05) is 79.4 Å². The number of likely N-dealkylation sites (tertiary alicyclic amines) is 1. The average molecular weight is 434 g/mol. The third-order valence-electron chi connectivity index (χ3n) is 5.81. The van der Waals surface area contributed by atoms with Crippen molar-refractivity contribution in [3.63, 3.8) is 0 Å². The molecule has 1 aliphatic heterocycles. The molecule has 6 heteroatoms. The van der Waals surface area contributed by atoms with Gasteiger partial charge in [0, 0.05) is 6.42 Å². The maximum Gasteiger partial charge on any atom is 0.416 e. The first kappa shape index (κ1) is 21.6. The highest BCUT2D eigenvalue weighted by Crippen LogP contribution is 2.45. The summed E-state index contributed by atoms with van der Waals surface area (Å²) in [5.41, 5.74) is 0.276. The van der Waals surface area contributed by atoms with Gasteiger partial charge < -0.3 is 0 Å². The van der Waals surface area contributed by atoms with Crippen LogP contribution in [0, 0.1) is 5.41 Å². The van der Waals surface area contributed by atoms with Crippen molar-refractivity contribution >= 4 is 11.7 Å². The lowest BCUT2D eigenvalue weighted by Crippen LogP contribution is -2.55. The summed E-state index contributed by atoms with van der Waals surface area (Å²) in [5, 5.41) is 8.46. The maximum absolute atomic E-state index is 14.1. The number of nitrogens with one attached hydrogen (secondary N) is 1. The zero-order valence-electron chi connectivity index (χ0n) is 17.2. The second-order valence-electron chi connectivity index (χ2n) is 7.80. The number of benzene rings is 3. The number of carbonyl (C=O) groups excluding carboxylic acids is 1. The topological polar surface area (TPSA) is 44.2 Å². The number of amides is 1. The minimum Gasteiger partial charge on any atom is -0.295 e. The second kappa shape index (κ2) is 8.11. The molecule has 1 amide bonds. The number of piperidine rings is 1. The molecule has 0 unspecified atom stereocenters. The number of hydrogen-bond donors (Lipinski definition) is 1. The molecule has 1 fully saturated rings. The lowest BCUT2D eigenvalue weighted by atomic mass is 9.65. The SMILES string of the molecule is C=C1CC(=N)N(Cc2cccc(C(F)(F)F)c2)C(=O)C1(c1ccccc1)c1ccccc1. The van der Waals surface area contributed by atoms with Crippen LogP contribution in [0.5, 0.6) is 0 Å². The Hall–Kier alpha value is -3.67. The van der Waals surface area contributed by atoms with E-state index in [0.717, 1.165) is 12.1 Å². The van der Waals surface area contributed by atoms with E-state index >= 15 is 0 Å². The summed E-state index contributed by atoms with van der Waals surface area (Å²) < 4.78 is 39.5. The average Bonchev–Trinajstić information content (AvgIpc) is 2.78. The van der Waals surface area contributed by atoms with Gasteiger partial charge in [0.2, 0.25) is 5.91 Å². The number of nitrogens with zero attached hydrogens (tertiary/aromatic N) is 1. The van der Waals surface area contributed by atoms with Crippen molar-refractivity contribution in [2.24, 2.45) is 0 Å². The van der Waals surface area contributed by atoms with Gasteiger partial charge in [0.25, 0.3) is 0 Å². The molecule has 0 aromatic heterocycles. The summed E-state index contributed by atoms with van der Waals surface area (Å²) in [7, 11) is 0. The Morgan fingerprint density at radius 2 is 1.47 bits per heavy atom. The zero-order valence-corrected chi connectivity index (χ0v) is 17.2. The maximum atomic E-state index is 14.1. The molecule has 0 aliphatic carbocycles. The quantitative estimate of drug-likeness (QED) is 0.506. The molecule has 32 heavy (non-hydrogen) atoms. The Labute approximate surface area is 184 Å². The van der Waals surface area contributed by atoms with Crippen molar-refractivity contribution in [3.05, 3.63) is 119 Å². The van der Waals surface area contributed by atoms with E-state index in [2.05, 4.69) is 6.58 Å². The highest BCUT2D eigenvalue weighted by atomic mass is 19.4. The standard InChI is InChI=1S/C26H21F3N2O/c1-18-15-23(30)31(17-19-9-8-14-22(16-19)26(27,28)29)24(32)25(18,20-10-4-2-5-11-20)21-12-6-3-7-13-21/h2-14,16,30H,1,15,17H2. The van der Waals surface area contributed by atoms with Crippen LogP contribution < -0.4 is 0 Å². The molecule has 1 aliphatic rings. The van der Waals surface area contributed by atoms with Gasteiger partial charge >= 0.3 is 6.18 Å². The van der Waals surface area contributed by atoms with Crippen LogP contribution in [0.4, 0.5) is 13.2 Å². The van der Waals surface area contributed by atoms with Crippen molar-refractivity contribution in [2.45, 2.75) is 24.6 Å². The third kappa shape index (κ3) is 3.62. The van der Waals surface area contributed by atoms with Crippen molar-refractivity contribution in [1.29, 1.82) is 5.41 Å². The largest absolute Gasteiger partial charge is 0.416 e. The van der Waals surface area contributed by atoms with E-state index < -0.39 is 23.1 Å². The summed E-state index contributed by atoms with van der Waals surface area (Å²) in [6.07, 6.45) is -4.35. The van der Waals surface area contributed by atoms with Crippen molar-refractivity contribution in [2.75, 3.05) is 0 Å². The Balaban J connectivity index is 1.82. The molecule has 4 rings (SSSR count).